The van der Waals surface area contributed by atoms with E-state index < -0.39 is 0 Å². The predicted octanol–water partition coefficient (Wildman–Crippen LogP) is 3.76. The highest BCUT2D eigenvalue weighted by Gasteiger charge is 2.33. The van der Waals surface area contributed by atoms with Crippen molar-refractivity contribution in [1.82, 2.24) is 5.32 Å². The van der Waals surface area contributed by atoms with Gasteiger partial charge in [-0.05, 0) is 43.4 Å². The van der Waals surface area contributed by atoms with E-state index in [1.54, 1.807) is 0 Å². The Morgan fingerprint density at radius 2 is 1.93 bits per heavy atom. The zero-order valence-electron chi connectivity index (χ0n) is 9.22. The van der Waals surface area contributed by atoms with Crippen molar-refractivity contribution in [3.8, 4) is 0 Å². The summed E-state index contributed by atoms with van der Waals surface area (Å²) in [6.07, 6.45) is 5.27. The maximum atomic E-state index is 5.85. The summed E-state index contributed by atoms with van der Waals surface area (Å²) in [7, 11) is 0. The second kappa shape index (κ2) is 4.54. The van der Waals surface area contributed by atoms with E-state index in [0.717, 1.165) is 11.6 Å². The van der Waals surface area contributed by atoms with E-state index in [-0.39, 0.29) is 0 Å². The number of nitrogens with one attached hydrogen (secondary N) is 1. The maximum absolute atomic E-state index is 5.85. The van der Waals surface area contributed by atoms with E-state index in [4.69, 9.17) is 11.6 Å². The molecule has 0 unspecified atom stereocenters. The number of hydrogen-bond acceptors (Lipinski definition) is 1. The first-order chi connectivity index (χ1) is 7.24. The van der Waals surface area contributed by atoms with Crippen LogP contribution in [0.4, 0.5) is 0 Å². The topological polar surface area (TPSA) is 12.0 Å². The molecule has 1 saturated carbocycles. The van der Waals surface area contributed by atoms with Crippen molar-refractivity contribution in [1.29, 1.82) is 0 Å². The molecule has 2 rings (SSSR count). The largest absolute Gasteiger partial charge is 0.307 e. The highest BCUT2D eigenvalue weighted by molar-refractivity contribution is 6.30. The second-order valence-corrected chi connectivity index (χ2v) is 4.90. The molecule has 1 aliphatic rings. The summed E-state index contributed by atoms with van der Waals surface area (Å²) in [5, 5.41) is 4.49. The van der Waals surface area contributed by atoms with Gasteiger partial charge in [0, 0.05) is 17.1 Å². The third-order valence-corrected chi connectivity index (χ3v) is 3.82. The summed E-state index contributed by atoms with van der Waals surface area (Å²) in [4.78, 5) is 0. The van der Waals surface area contributed by atoms with E-state index >= 15 is 0 Å². The van der Waals surface area contributed by atoms with Gasteiger partial charge in [-0.3, -0.25) is 0 Å². The lowest BCUT2D eigenvalue weighted by atomic mass is 9.75. The summed E-state index contributed by atoms with van der Waals surface area (Å²) < 4.78 is 0. The Kier molecular flexibility index (Phi) is 3.32. The van der Waals surface area contributed by atoms with Crippen molar-refractivity contribution in [3.63, 3.8) is 0 Å². The first kappa shape index (κ1) is 11.0. The van der Waals surface area contributed by atoms with Gasteiger partial charge in [0.15, 0.2) is 0 Å². The second-order valence-electron chi connectivity index (χ2n) is 4.47. The van der Waals surface area contributed by atoms with Crippen LogP contribution in [0.25, 0.3) is 0 Å². The van der Waals surface area contributed by atoms with Gasteiger partial charge in [-0.25, -0.2) is 0 Å². The number of hydrogen-bond donors (Lipinski definition) is 1. The van der Waals surface area contributed by atoms with Crippen molar-refractivity contribution < 1.29 is 0 Å². The van der Waals surface area contributed by atoms with Crippen molar-refractivity contribution >= 4 is 11.6 Å². The van der Waals surface area contributed by atoms with Crippen LogP contribution in [-0.4, -0.2) is 5.54 Å². The average Bonchev–Trinajstić information content (AvgIpc) is 2.20. The molecule has 1 aliphatic carbocycles. The summed E-state index contributed by atoms with van der Waals surface area (Å²) >= 11 is 5.85. The third kappa shape index (κ3) is 2.53. The molecular formula is C13H18ClN. The highest BCUT2D eigenvalue weighted by atomic mass is 35.5. The Morgan fingerprint density at radius 3 is 2.40 bits per heavy atom. The van der Waals surface area contributed by atoms with Crippen LogP contribution >= 0.6 is 11.6 Å². The van der Waals surface area contributed by atoms with Crippen LogP contribution in [0.5, 0.6) is 0 Å². The molecule has 2 heteroatoms. The SMILES string of the molecule is CCC1(NCc2ccc(Cl)cc2)CCC1. The maximum Gasteiger partial charge on any atom is 0.0406 e. The first-order valence-electron chi connectivity index (χ1n) is 5.74. The van der Waals surface area contributed by atoms with Gasteiger partial charge in [0.2, 0.25) is 0 Å². The molecular weight excluding hydrogens is 206 g/mol. The third-order valence-electron chi connectivity index (χ3n) is 3.57. The van der Waals surface area contributed by atoms with Gasteiger partial charge < -0.3 is 5.32 Å². The Bertz CT molecular complexity index is 308. The van der Waals surface area contributed by atoms with E-state index in [1.807, 2.05) is 12.1 Å². The first-order valence-corrected chi connectivity index (χ1v) is 6.11. The normalized spacial score (nSPS) is 18.5. The smallest absolute Gasteiger partial charge is 0.0406 e. The van der Waals surface area contributed by atoms with Crippen molar-refractivity contribution in [2.24, 2.45) is 0 Å². The van der Waals surface area contributed by atoms with Crippen molar-refractivity contribution in [2.75, 3.05) is 0 Å². The van der Waals surface area contributed by atoms with Crippen molar-refractivity contribution in [2.45, 2.75) is 44.7 Å². The molecule has 82 valence electrons. The molecule has 1 fully saturated rings. The van der Waals surface area contributed by atoms with E-state index in [0.29, 0.717) is 5.54 Å². The van der Waals surface area contributed by atoms with E-state index in [9.17, 15) is 0 Å². The molecule has 0 aliphatic heterocycles. The number of halogens is 1. The van der Waals surface area contributed by atoms with Gasteiger partial charge in [0.05, 0.1) is 0 Å². The molecule has 0 spiro atoms. The van der Waals surface area contributed by atoms with Crippen LogP contribution in [0.1, 0.15) is 38.2 Å². The zero-order valence-corrected chi connectivity index (χ0v) is 9.98. The molecule has 1 nitrogen and oxygen atoms in total. The summed E-state index contributed by atoms with van der Waals surface area (Å²) in [5.74, 6) is 0. The quantitative estimate of drug-likeness (QED) is 0.820. The minimum Gasteiger partial charge on any atom is -0.307 e. The molecule has 0 heterocycles. The van der Waals surface area contributed by atoms with Gasteiger partial charge in [0.25, 0.3) is 0 Å². The summed E-state index contributed by atoms with van der Waals surface area (Å²) in [6.45, 7) is 3.24. The Hall–Kier alpha value is -0.530. The van der Waals surface area contributed by atoms with Crippen LogP contribution in [-0.2, 0) is 6.54 Å². The van der Waals surface area contributed by atoms with Gasteiger partial charge in [-0.1, -0.05) is 30.7 Å². The Labute approximate surface area is 96.8 Å². The molecule has 0 radical (unpaired) electrons. The molecule has 0 bridgehead atoms. The predicted molar refractivity (Wildman–Crippen MR) is 65.2 cm³/mol. The molecule has 1 aromatic rings. The van der Waals surface area contributed by atoms with Gasteiger partial charge in [0.1, 0.15) is 0 Å². The van der Waals surface area contributed by atoms with Crippen LogP contribution in [0.15, 0.2) is 24.3 Å². The average molecular weight is 224 g/mol. The minimum atomic E-state index is 0.430. The van der Waals surface area contributed by atoms with E-state index in [1.165, 1.54) is 31.2 Å². The van der Waals surface area contributed by atoms with Crippen LogP contribution in [0, 0.1) is 0 Å². The molecule has 0 amide bonds. The van der Waals surface area contributed by atoms with Crippen LogP contribution in [0.2, 0.25) is 5.02 Å². The van der Waals surface area contributed by atoms with E-state index in [2.05, 4.69) is 24.4 Å². The van der Waals surface area contributed by atoms with Crippen molar-refractivity contribution in [3.05, 3.63) is 34.9 Å². The van der Waals surface area contributed by atoms with Gasteiger partial charge in [-0.15, -0.1) is 0 Å². The fourth-order valence-corrected chi connectivity index (χ4v) is 2.28. The number of benzene rings is 1. The Morgan fingerprint density at radius 1 is 1.27 bits per heavy atom. The lowest BCUT2D eigenvalue weighted by molar-refractivity contribution is 0.175. The zero-order chi connectivity index (χ0) is 10.7. The Balaban J connectivity index is 1.90. The molecule has 15 heavy (non-hydrogen) atoms. The minimum absolute atomic E-state index is 0.430. The molecule has 1 aromatic carbocycles. The summed E-state index contributed by atoms with van der Waals surface area (Å²) in [6, 6.07) is 8.10. The standard InChI is InChI=1S/C13H18ClN/c1-2-13(8-3-9-13)15-10-11-4-6-12(14)7-5-11/h4-7,15H,2-3,8-10H2,1H3. The van der Waals surface area contributed by atoms with Gasteiger partial charge >= 0.3 is 0 Å². The van der Waals surface area contributed by atoms with Crippen LogP contribution < -0.4 is 5.32 Å². The molecule has 0 saturated heterocycles. The van der Waals surface area contributed by atoms with Gasteiger partial charge in [-0.2, -0.15) is 0 Å². The number of rotatable bonds is 4. The fourth-order valence-electron chi connectivity index (χ4n) is 2.15. The fraction of sp³-hybridized carbons (Fsp3) is 0.538. The lowest BCUT2D eigenvalue weighted by Crippen LogP contribution is -2.49. The summed E-state index contributed by atoms with van der Waals surface area (Å²) in [5.41, 5.74) is 1.75. The molecule has 0 aromatic heterocycles. The van der Waals surface area contributed by atoms with Crippen LogP contribution in [0.3, 0.4) is 0 Å². The molecule has 1 N–H and O–H groups in total. The highest BCUT2D eigenvalue weighted by Crippen LogP contribution is 2.34. The lowest BCUT2D eigenvalue weighted by Gasteiger charge is -2.42. The monoisotopic (exact) mass is 223 g/mol. The molecule has 0 atom stereocenters.